The Labute approximate surface area is 137 Å². The summed E-state index contributed by atoms with van der Waals surface area (Å²) in [5.74, 6) is 7.25. The Kier molecular flexibility index (Phi) is 4.68. The van der Waals surface area contributed by atoms with E-state index in [0.717, 1.165) is 0 Å². The van der Waals surface area contributed by atoms with Crippen LogP contribution in [0.4, 0.5) is 0 Å². The Bertz CT molecular complexity index is 843. The van der Waals surface area contributed by atoms with Gasteiger partial charge in [-0.05, 0) is 18.2 Å². The molecule has 3 rings (SSSR count). The van der Waals surface area contributed by atoms with Crippen molar-refractivity contribution in [2.24, 2.45) is 0 Å². The first kappa shape index (κ1) is 15.5. The summed E-state index contributed by atoms with van der Waals surface area (Å²) >= 11 is 0. The lowest BCUT2D eigenvalue weighted by atomic mass is 10.3. The maximum Gasteiger partial charge on any atom is 0.253 e. The number of carbonyl (C=O) groups excluding carboxylic acids is 1. The number of amides is 1. The summed E-state index contributed by atoms with van der Waals surface area (Å²) in [6.45, 7) is 0.588. The fraction of sp³-hybridized carbons (Fsp3) is 0.176. The maximum atomic E-state index is 11.8. The van der Waals surface area contributed by atoms with E-state index in [1.807, 2.05) is 0 Å². The van der Waals surface area contributed by atoms with E-state index in [0.29, 0.717) is 22.8 Å². The Morgan fingerprint density at radius 3 is 2.92 bits per heavy atom. The summed E-state index contributed by atoms with van der Waals surface area (Å²) in [7, 11) is 0. The van der Waals surface area contributed by atoms with E-state index in [4.69, 9.17) is 14.2 Å². The lowest BCUT2D eigenvalue weighted by Gasteiger charge is -2.03. The van der Waals surface area contributed by atoms with Crippen molar-refractivity contribution in [2.75, 3.05) is 19.9 Å². The monoisotopic (exact) mass is 326 g/mol. The zero-order chi connectivity index (χ0) is 16.8. The molecule has 2 N–H and O–H groups in total. The third-order valence-electron chi connectivity index (χ3n) is 3.16. The van der Waals surface area contributed by atoms with Gasteiger partial charge < -0.3 is 24.5 Å². The number of carbonyl (C=O) groups is 1. The minimum Gasteiger partial charge on any atom is -0.481 e. The minimum absolute atomic E-state index is 0.183. The van der Waals surface area contributed by atoms with Gasteiger partial charge in [-0.2, -0.15) is 0 Å². The molecule has 0 bridgehead atoms. The van der Waals surface area contributed by atoms with Crippen LogP contribution in [-0.4, -0.2) is 30.8 Å². The molecular formula is C17H14N2O5. The van der Waals surface area contributed by atoms with Crippen LogP contribution in [0.5, 0.6) is 17.2 Å². The van der Waals surface area contributed by atoms with Crippen LogP contribution in [0.1, 0.15) is 10.4 Å². The molecule has 2 heterocycles. The highest BCUT2D eigenvalue weighted by molar-refractivity contribution is 5.93. The van der Waals surface area contributed by atoms with Crippen LogP contribution >= 0.6 is 0 Å². The molecule has 1 aliphatic rings. The van der Waals surface area contributed by atoms with Gasteiger partial charge >= 0.3 is 0 Å². The standard InChI is InChI=1S/C17H14N2O5/c20-16-6-3-12(10-19-16)17(21)18-7-1-2-8-22-13-4-5-14-15(9-13)24-11-23-14/h3-6,9-10H,7-8,11H2,(H,18,21)(H,19,20). The highest BCUT2D eigenvalue weighted by Crippen LogP contribution is 2.34. The molecule has 0 radical (unpaired) electrons. The molecule has 7 heteroatoms. The van der Waals surface area contributed by atoms with Gasteiger partial charge in [0.05, 0.1) is 12.1 Å². The van der Waals surface area contributed by atoms with Crippen molar-refractivity contribution in [3.8, 4) is 29.1 Å². The number of rotatable bonds is 4. The van der Waals surface area contributed by atoms with Crippen molar-refractivity contribution < 1.29 is 19.0 Å². The molecule has 122 valence electrons. The van der Waals surface area contributed by atoms with Gasteiger partial charge in [-0.15, -0.1) is 0 Å². The number of aromatic nitrogens is 1. The number of ether oxygens (including phenoxy) is 3. The maximum absolute atomic E-state index is 11.8. The number of fused-ring (bicyclic) bond motifs is 1. The van der Waals surface area contributed by atoms with Gasteiger partial charge in [0.15, 0.2) is 11.5 Å². The summed E-state index contributed by atoms with van der Waals surface area (Å²) in [5.41, 5.74) is 0.111. The van der Waals surface area contributed by atoms with Gasteiger partial charge in [0.1, 0.15) is 12.4 Å². The van der Waals surface area contributed by atoms with Gasteiger partial charge in [-0.3, -0.25) is 9.59 Å². The Balaban J connectivity index is 1.42. The van der Waals surface area contributed by atoms with Gasteiger partial charge in [0.2, 0.25) is 12.4 Å². The van der Waals surface area contributed by atoms with Crippen molar-refractivity contribution in [1.29, 1.82) is 0 Å². The Hall–Kier alpha value is -3.40. The fourth-order valence-corrected chi connectivity index (χ4v) is 1.98. The summed E-state index contributed by atoms with van der Waals surface area (Å²) in [4.78, 5) is 25.1. The largest absolute Gasteiger partial charge is 0.481 e. The van der Waals surface area contributed by atoms with Crippen molar-refractivity contribution >= 4 is 5.91 Å². The second-order valence-corrected chi connectivity index (χ2v) is 4.78. The second kappa shape index (κ2) is 7.24. The summed E-state index contributed by atoms with van der Waals surface area (Å²) < 4.78 is 15.9. The molecule has 24 heavy (non-hydrogen) atoms. The van der Waals surface area contributed by atoms with Crippen LogP contribution in [0.15, 0.2) is 41.3 Å². The van der Waals surface area contributed by atoms with E-state index in [2.05, 4.69) is 22.1 Å². The van der Waals surface area contributed by atoms with Crippen LogP contribution in [0.3, 0.4) is 0 Å². The molecule has 0 fully saturated rings. The number of pyridine rings is 1. The number of nitrogens with one attached hydrogen (secondary N) is 2. The lowest BCUT2D eigenvalue weighted by molar-refractivity contribution is 0.0958. The molecule has 0 aliphatic carbocycles. The van der Waals surface area contributed by atoms with Crippen molar-refractivity contribution in [2.45, 2.75) is 0 Å². The van der Waals surface area contributed by atoms with Crippen LogP contribution < -0.4 is 25.1 Å². The van der Waals surface area contributed by atoms with Crippen LogP contribution in [0.25, 0.3) is 0 Å². The van der Waals surface area contributed by atoms with Crippen LogP contribution in [0, 0.1) is 11.8 Å². The van der Waals surface area contributed by atoms with Crippen LogP contribution in [0.2, 0.25) is 0 Å². The third kappa shape index (κ3) is 3.87. The third-order valence-corrected chi connectivity index (χ3v) is 3.16. The van der Waals surface area contributed by atoms with Crippen LogP contribution in [-0.2, 0) is 0 Å². The predicted octanol–water partition coefficient (Wildman–Crippen LogP) is 0.916. The van der Waals surface area contributed by atoms with Gasteiger partial charge in [0.25, 0.3) is 5.91 Å². The summed E-state index contributed by atoms with van der Waals surface area (Å²) in [5, 5.41) is 2.62. The van der Waals surface area contributed by atoms with E-state index < -0.39 is 0 Å². The fourth-order valence-electron chi connectivity index (χ4n) is 1.98. The lowest BCUT2D eigenvalue weighted by Crippen LogP contribution is -2.24. The second-order valence-electron chi connectivity index (χ2n) is 4.78. The molecule has 1 aromatic carbocycles. The van der Waals surface area contributed by atoms with Gasteiger partial charge in [0, 0.05) is 18.3 Å². The zero-order valence-electron chi connectivity index (χ0n) is 12.6. The number of benzene rings is 1. The number of hydrogen-bond donors (Lipinski definition) is 2. The Morgan fingerprint density at radius 1 is 1.21 bits per heavy atom. The molecule has 1 aliphatic heterocycles. The molecule has 1 aromatic heterocycles. The SMILES string of the molecule is O=C(NCC#CCOc1ccc2c(c1)OCO2)c1ccc(=O)[nH]c1. The van der Waals surface area contributed by atoms with Crippen molar-refractivity contribution in [1.82, 2.24) is 10.3 Å². The van der Waals surface area contributed by atoms with E-state index >= 15 is 0 Å². The normalized spacial score (nSPS) is 11.3. The van der Waals surface area contributed by atoms with Gasteiger partial charge in [-0.25, -0.2) is 0 Å². The molecule has 0 saturated carbocycles. The minimum atomic E-state index is -0.308. The predicted molar refractivity (Wildman–Crippen MR) is 85.2 cm³/mol. The quantitative estimate of drug-likeness (QED) is 0.816. The highest BCUT2D eigenvalue weighted by atomic mass is 16.7. The zero-order valence-corrected chi connectivity index (χ0v) is 12.6. The van der Waals surface area contributed by atoms with E-state index in [1.165, 1.54) is 18.3 Å². The number of H-pyrrole nitrogens is 1. The molecular weight excluding hydrogens is 312 g/mol. The molecule has 1 amide bonds. The molecule has 0 spiro atoms. The summed E-state index contributed by atoms with van der Waals surface area (Å²) in [6.07, 6.45) is 1.36. The first-order chi connectivity index (χ1) is 11.7. The highest BCUT2D eigenvalue weighted by Gasteiger charge is 2.13. The average Bonchev–Trinajstić information content (AvgIpc) is 3.06. The summed E-state index contributed by atoms with van der Waals surface area (Å²) in [6, 6.07) is 8.02. The first-order valence-electron chi connectivity index (χ1n) is 7.17. The number of hydrogen-bond acceptors (Lipinski definition) is 5. The van der Waals surface area contributed by atoms with Crippen molar-refractivity contribution in [3.05, 3.63) is 52.4 Å². The average molecular weight is 326 g/mol. The molecule has 0 atom stereocenters. The van der Waals surface area contributed by atoms with E-state index in [-0.39, 0.29) is 31.4 Å². The molecule has 7 nitrogen and oxygen atoms in total. The Morgan fingerprint density at radius 2 is 2.08 bits per heavy atom. The molecule has 2 aromatic rings. The molecule has 0 unspecified atom stereocenters. The molecule has 0 saturated heterocycles. The smallest absolute Gasteiger partial charge is 0.253 e. The van der Waals surface area contributed by atoms with E-state index in [9.17, 15) is 9.59 Å². The van der Waals surface area contributed by atoms with Crippen molar-refractivity contribution in [3.63, 3.8) is 0 Å². The van der Waals surface area contributed by atoms with Gasteiger partial charge in [-0.1, -0.05) is 11.8 Å². The van der Waals surface area contributed by atoms with E-state index in [1.54, 1.807) is 18.2 Å². The number of aromatic amines is 1. The first-order valence-corrected chi connectivity index (χ1v) is 7.17. The topological polar surface area (TPSA) is 89.7 Å².